The molecular formula is C12H19N3S. The number of nitrogens with zero attached hydrogens (tertiary/aromatic N) is 1. The van der Waals surface area contributed by atoms with E-state index in [-0.39, 0.29) is 0 Å². The third kappa shape index (κ3) is 3.68. The van der Waals surface area contributed by atoms with Crippen LogP contribution in [0.3, 0.4) is 0 Å². The third-order valence-corrected chi connectivity index (χ3v) is 3.91. The summed E-state index contributed by atoms with van der Waals surface area (Å²) in [6, 6.07) is 3.91. The van der Waals surface area contributed by atoms with Crippen molar-refractivity contribution in [3.63, 3.8) is 0 Å². The Bertz CT molecular complexity index is 307. The fraction of sp³-hybridized carbons (Fsp3) is 0.583. The SMILES string of the molecule is Nc1ccc(SCCC2CCCNC2)nc1. The predicted octanol–water partition coefficient (Wildman–Crippen LogP) is 2.15. The van der Waals surface area contributed by atoms with Crippen LogP contribution in [0.5, 0.6) is 0 Å². The minimum absolute atomic E-state index is 0.737. The van der Waals surface area contributed by atoms with Crippen molar-refractivity contribution < 1.29 is 0 Å². The summed E-state index contributed by atoms with van der Waals surface area (Å²) in [6.45, 7) is 2.39. The minimum Gasteiger partial charge on any atom is -0.397 e. The maximum atomic E-state index is 5.59. The Hall–Kier alpha value is -0.740. The molecule has 4 heteroatoms. The van der Waals surface area contributed by atoms with Crippen molar-refractivity contribution in [2.24, 2.45) is 5.92 Å². The van der Waals surface area contributed by atoms with Crippen molar-refractivity contribution in [2.75, 3.05) is 24.6 Å². The molecule has 0 saturated carbocycles. The van der Waals surface area contributed by atoms with Gasteiger partial charge in [0, 0.05) is 0 Å². The van der Waals surface area contributed by atoms with Crippen LogP contribution in [0.1, 0.15) is 19.3 Å². The molecular weight excluding hydrogens is 218 g/mol. The van der Waals surface area contributed by atoms with E-state index in [0.717, 1.165) is 22.4 Å². The van der Waals surface area contributed by atoms with Crippen molar-refractivity contribution in [3.8, 4) is 0 Å². The van der Waals surface area contributed by atoms with Crippen molar-refractivity contribution >= 4 is 17.4 Å². The molecule has 16 heavy (non-hydrogen) atoms. The van der Waals surface area contributed by atoms with Gasteiger partial charge in [0.2, 0.25) is 0 Å². The Morgan fingerprint density at radius 3 is 3.12 bits per heavy atom. The molecule has 0 bridgehead atoms. The van der Waals surface area contributed by atoms with Crippen molar-refractivity contribution in [2.45, 2.75) is 24.3 Å². The molecule has 1 aliphatic rings. The minimum atomic E-state index is 0.737. The molecule has 0 amide bonds. The lowest BCUT2D eigenvalue weighted by Crippen LogP contribution is -2.29. The Balaban J connectivity index is 1.69. The molecule has 2 rings (SSSR count). The molecule has 1 aliphatic heterocycles. The summed E-state index contributed by atoms with van der Waals surface area (Å²) in [6.07, 6.45) is 5.71. The van der Waals surface area contributed by atoms with Gasteiger partial charge < -0.3 is 11.1 Å². The van der Waals surface area contributed by atoms with Gasteiger partial charge in [-0.05, 0) is 56.2 Å². The van der Waals surface area contributed by atoms with Crippen molar-refractivity contribution in [1.82, 2.24) is 10.3 Å². The maximum absolute atomic E-state index is 5.59. The topological polar surface area (TPSA) is 50.9 Å². The number of anilines is 1. The first-order valence-corrected chi connectivity index (χ1v) is 6.88. The molecule has 1 fully saturated rings. The summed E-state index contributed by atoms with van der Waals surface area (Å²) >= 11 is 1.83. The average Bonchev–Trinajstić information content (AvgIpc) is 2.33. The molecule has 3 N–H and O–H groups in total. The molecule has 1 aromatic rings. The zero-order chi connectivity index (χ0) is 11.2. The summed E-state index contributed by atoms with van der Waals surface area (Å²) in [5, 5.41) is 4.53. The largest absolute Gasteiger partial charge is 0.397 e. The maximum Gasteiger partial charge on any atom is 0.0961 e. The van der Waals surface area contributed by atoms with Crippen LogP contribution in [0.2, 0.25) is 0 Å². The van der Waals surface area contributed by atoms with Crippen molar-refractivity contribution in [1.29, 1.82) is 0 Å². The van der Waals surface area contributed by atoms with E-state index in [4.69, 9.17) is 5.73 Å². The number of hydrogen-bond donors (Lipinski definition) is 2. The Morgan fingerprint density at radius 1 is 1.50 bits per heavy atom. The lowest BCUT2D eigenvalue weighted by molar-refractivity contribution is 0.371. The van der Waals surface area contributed by atoms with E-state index in [9.17, 15) is 0 Å². The molecule has 88 valence electrons. The van der Waals surface area contributed by atoms with Crippen LogP contribution in [-0.2, 0) is 0 Å². The van der Waals surface area contributed by atoms with E-state index in [2.05, 4.69) is 10.3 Å². The van der Waals surface area contributed by atoms with E-state index in [1.54, 1.807) is 6.20 Å². The van der Waals surface area contributed by atoms with Gasteiger partial charge in [0.1, 0.15) is 0 Å². The summed E-state index contributed by atoms with van der Waals surface area (Å²) in [5.74, 6) is 2.01. The second kappa shape index (κ2) is 6.11. The van der Waals surface area contributed by atoms with Gasteiger partial charge in [0.25, 0.3) is 0 Å². The van der Waals surface area contributed by atoms with E-state index in [0.29, 0.717) is 0 Å². The highest BCUT2D eigenvalue weighted by Crippen LogP contribution is 2.21. The first-order chi connectivity index (χ1) is 7.84. The smallest absolute Gasteiger partial charge is 0.0961 e. The quantitative estimate of drug-likeness (QED) is 0.788. The Morgan fingerprint density at radius 2 is 2.44 bits per heavy atom. The number of pyridine rings is 1. The van der Waals surface area contributed by atoms with Gasteiger partial charge in [-0.3, -0.25) is 0 Å². The van der Waals surface area contributed by atoms with Gasteiger partial charge in [-0.25, -0.2) is 4.98 Å². The van der Waals surface area contributed by atoms with Crippen LogP contribution in [0.15, 0.2) is 23.4 Å². The summed E-state index contributed by atoms with van der Waals surface area (Å²) < 4.78 is 0. The zero-order valence-corrected chi connectivity index (χ0v) is 10.3. The molecule has 1 atom stereocenters. The number of thioether (sulfide) groups is 1. The molecule has 2 heterocycles. The molecule has 0 aliphatic carbocycles. The monoisotopic (exact) mass is 237 g/mol. The zero-order valence-electron chi connectivity index (χ0n) is 9.48. The van der Waals surface area contributed by atoms with Gasteiger partial charge in [-0.2, -0.15) is 0 Å². The number of piperidine rings is 1. The first kappa shape index (κ1) is 11.7. The number of hydrogen-bond acceptors (Lipinski definition) is 4. The van der Waals surface area contributed by atoms with Crippen LogP contribution in [-0.4, -0.2) is 23.8 Å². The second-order valence-corrected chi connectivity index (χ2v) is 5.39. The van der Waals surface area contributed by atoms with Gasteiger partial charge in [0.15, 0.2) is 0 Å². The van der Waals surface area contributed by atoms with Crippen LogP contribution in [0.25, 0.3) is 0 Å². The summed E-state index contributed by atoms with van der Waals surface area (Å²) in [5.41, 5.74) is 6.33. The number of nitrogen functional groups attached to an aromatic ring is 1. The average molecular weight is 237 g/mol. The fourth-order valence-corrected chi connectivity index (χ4v) is 2.93. The molecule has 0 radical (unpaired) electrons. The van der Waals surface area contributed by atoms with Gasteiger partial charge in [0.05, 0.1) is 16.9 Å². The second-order valence-electron chi connectivity index (χ2n) is 4.28. The Labute approximate surface area is 101 Å². The lowest BCUT2D eigenvalue weighted by Gasteiger charge is -2.22. The highest BCUT2D eigenvalue weighted by Gasteiger charge is 2.12. The van der Waals surface area contributed by atoms with Crippen LogP contribution < -0.4 is 11.1 Å². The number of nitrogens with two attached hydrogens (primary N) is 1. The first-order valence-electron chi connectivity index (χ1n) is 5.89. The van der Waals surface area contributed by atoms with E-state index in [1.807, 2.05) is 23.9 Å². The third-order valence-electron chi connectivity index (χ3n) is 2.93. The number of aromatic nitrogens is 1. The Kier molecular flexibility index (Phi) is 4.48. The standard InChI is InChI=1S/C12H19N3S/c13-11-3-4-12(15-9-11)16-7-5-10-2-1-6-14-8-10/h3-4,9-10,14H,1-2,5-8,13H2. The van der Waals surface area contributed by atoms with Gasteiger partial charge in [-0.1, -0.05) is 0 Å². The van der Waals surface area contributed by atoms with E-state index >= 15 is 0 Å². The van der Waals surface area contributed by atoms with Crippen LogP contribution in [0.4, 0.5) is 5.69 Å². The lowest BCUT2D eigenvalue weighted by atomic mass is 9.97. The van der Waals surface area contributed by atoms with Crippen molar-refractivity contribution in [3.05, 3.63) is 18.3 Å². The van der Waals surface area contributed by atoms with E-state index in [1.165, 1.54) is 32.4 Å². The van der Waals surface area contributed by atoms with E-state index < -0.39 is 0 Å². The van der Waals surface area contributed by atoms with Gasteiger partial charge in [-0.15, -0.1) is 11.8 Å². The van der Waals surface area contributed by atoms with Crippen LogP contribution in [0, 0.1) is 5.92 Å². The summed E-state index contributed by atoms with van der Waals surface area (Å²) in [7, 11) is 0. The molecule has 1 unspecified atom stereocenters. The molecule has 3 nitrogen and oxygen atoms in total. The van der Waals surface area contributed by atoms with Crippen LogP contribution >= 0.6 is 11.8 Å². The normalized spacial score (nSPS) is 20.9. The molecule has 1 aromatic heterocycles. The summed E-state index contributed by atoms with van der Waals surface area (Å²) in [4.78, 5) is 4.28. The van der Waals surface area contributed by atoms with Gasteiger partial charge >= 0.3 is 0 Å². The molecule has 0 aromatic carbocycles. The number of rotatable bonds is 4. The highest BCUT2D eigenvalue weighted by atomic mass is 32.2. The molecule has 1 saturated heterocycles. The molecule has 0 spiro atoms. The highest BCUT2D eigenvalue weighted by molar-refractivity contribution is 7.99. The number of nitrogens with one attached hydrogen (secondary N) is 1. The fourth-order valence-electron chi connectivity index (χ4n) is 1.98. The predicted molar refractivity (Wildman–Crippen MR) is 69.6 cm³/mol.